The van der Waals surface area contributed by atoms with Gasteiger partial charge in [-0.3, -0.25) is 9.59 Å². The lowest BCUT2D eigenvalue weighted by atomic mass is 9.86. The van der Waals surface area contributed by atoms with Crippen LogP contribution in [0.1, 0.15) is 56.8 Å². The number of carbonyl (C=O) groups excluding carboxylic acids is 2. The Labute approximate surface area is 149 Å². The Morgan fingerprint density at radius 2 is 1.92 bits per heavy atom. The molecule has 1 aromatic rings. The smallest absolute Gasteiger partial charge is 0.252 e. The van der Waals surface area contributed by atoms with Gasteiger partial charge in [0.25, 0.3) is 5.91 Å². The highest BCUT2D eigenvalue weighted by Gasteiger charge is 2.24. The van der Waals surface area contributed by atoms with Gasteiger partial charge in [0.1, 0.15) is 0 Å². The maximum atomic E-state index is 12.7. The summed E-state index contributed by atoms with van der Waals surface area (Å²) in [5, 5.41) is 6.07. The molecule has 132 valence electrons. The van der Waals surface area contributed by atoms with E-state index < -0.39 is 0 Å². The van der Waals surface area contributed by atoms with Crippen LogP contribution in [0.3, 0.4) is 0 Å². The predicted octanol–water partition coefficient (Wildman–Crippen LogP) is 3.61. The van der Waals surface area contributed by atoms with Crippen LogP contribution in [0.5, 0.6) is 0 Å². The lowest BCUT2D eigenvalue weighted by Crippen LogP contribution is -2.41. The largest absolute Gasteiger partial charge is 0.353 e. The van der Waals surface area contributed by atoms with Crippen molar-refractivity contribution in [3.63, 3.8) is 0 Å². The van der Waals surface area contributed by atoms with Gasteiger partial charge in [0, 0.05) is 17.0 Å². The van der Waals surface area contributed by atoms with Gasteiger partial charge in [-0.05, 0) is 44.7 Å². The van der Waals surface area contributed by atoms with E-state index in [0.29, 0.717) is 17.2 Å². The van der Waals surface area contributed by atoms with Crippen molar-refractivity contribution in [2.75, 3.05) is 5.75 Å². The summed E-state index contributed by atoms with van der Waals surface area (Å²) in [4.78, 5) is 25.4. The van der Waals surface area contributed by atoms with Crippen LogP contribution >= 0.6 is 11.8 Å². The van der Waals surface area contributed by atoms with Gasteiger partial charge in [-0.1, -0.05) is 31.9 Å². The Morgan fingerprint density at radius 3 is 2.62 bits per heavy atom. The maximum Gasteiger partial charge on any atom is 0.252 e. The normalized spacial score (nSPS) is 20.7. The average Bonchev–Trinajstić information content (AvgIpc) is 2.54. The quantitative estimate of drug-likeness (QED) is 0.772. The molecule has 1 aliphatic rings. The van der Waals surface area contributed by atoms with Crippen molar-refractivity contribution in [2.24, 2.45) is 5.92 Å². The van der Waals surface area contributed by atoms with Gasteiger partial charge in [0.05, 0.1) is 11.3 Å². The molecule has 0 aliphatic heterocycles. The van der Waals surface area contributed by atoms with Gasteiger partial charge >= 0.3 is 0 Å². The number of nitrogens with one attached hydrogen (secondary N) is 2. The highest BCUT2D eigenvalue weighted by molar-refractivity contribution is 8.00. The predicted molar refractivity (Wildman–Crippen MR) is 99.3 cm³/mol. The van der Waals surface area contributed by atoms with Crippen LogP contribution in [0.15, 0.2) is 29.2 Å². The molecule has 0 aromatic heterocycles. The number of carbonyl (C=O) groups is 2. The summed E-state index contributed by atoms with van der Waals surface area (Å²) in [5.41, 5.74) is 0.664. The van der Waals surface area contributed by atoms with Crippen LogP contribution in [0.25, 0.3) is 0 Å². The van der Waals surface area contributed by atoms with E-state index in [4.69, 9.17) is 0 Å². The van der Waals surface area contributed by atoms with E-state index in [-0.39, 0.29) is 23.9 Å². The Bertz CT molecular complexity index is 574. The molecular formula is C19H28N2O2S. The summed E-state index contributed by atoms with van der Waals surface area (Å²) in [6, 6.07) is 7.91. The Morgan fingerprint density at radius 1 is 1.21 bits per heavy atom. The third-order valence-corrected chi connectivity index (χ3v) is 5.44. The molecule has 1 aromatic carbocycles. The molecule has 2 unspecified atom stereocenters. The third-order valence-electron chi connectivity index (χ3n) is 4.37. The highest BCUT2D eigenvalue weighted by atomic mass is 32.2. The minimum Gasteiger partial charge on any atom is -0.353 e. The molecule has 0 heterocycles. The number of benzene rings is 1. The van der Waals surface area contributed by atoms with E-state index in [1.807, 2.05) is 38.1 Å². The fourth-order valence-corrected chi connectivity index (χ4v) is 3.92. The van der Waals surface area contributed by atoms with E-state index in [1.54, 1.807) is 0 Å². The summed E-state index contributed by atoms with van der Waals surface area (Å²) in [5.74, 6) is 0.814. The second-order valence-electron chi connectivity index (χ2n) is 6.85. The van der Waals surface area contributed by atoms with E-state index in [2.05, 4.69) is 17.6 Å². The number of amides is 2. The van der Waals surface area contributed by atoms with E-state index >= 15 is 0 Å². The molecule has 1 saturated carbocycles. The van der Waals surface area contributed by atoms with Crippen molar-refractivity contribution < 1.29 is 9.59 Å². The summed E-state index contributed by atoms with van der Waals surface area (Å²) in [6.45, 7) is 6.09. The molecule has 1 aliphatic carbocycles. The van der Waals surface area contributed by atoms with Crippen molar-refractivity contribution in [3.05, 3.63) is 29.8 Å². The molecule has 2 atom stereocenters. The second-order valence-corrected chi connectivity index (χ2v) is 7.87. The second kappa shape index (κ2) is 9.11. The molecule has 0 spiro atoms. The summed E-state index contributed by atoms with van der Waals surface area (Å²) in [7, 11) is 0. The first-order valence-electron chi connectivity index (χ1n) is 8.79. The molecule has 2 N–H and O–H groups in total. The van der Waals surface area contributed by atoms with Crippen LogP contribution in [0, 0.1) is 5.92 Å². The van der Waals surface area contributed by atoms with Gasteiger partial charge in [-0.2, -0.15) is 0 Å². The van der Waals surface area contributed by atoms with E-state index in [9.17, 15) is 9.59 Å². The van der Waals surface area contributed by atoms with Crippen molar-refractivity contribution in [1.29, 1.82) is 0 Å². The maximum absolute atomic E-state index is 12.7. The highest BCUT2D eigenvalue weighted by Crippen LogP contribution is 2.26. The molecule has 5 heteroatoms. The molecule has 2 amide bonds. The van der Waals surface area contributed by atoms with Crippen LogP contribution in [-0.2, 0) is 4.79 Å². The third kappa shape index (κ3) is 5.55. The summed E-state index contributed by atoms with van der Waals surface area (Å²) in [6.07, 6.45) is 4.67. The van der Waals surface area contributed by atoms with Crippen LogP contribution in [-0.4, -0.2) is 29.7 Å². The van der Waals surface area contributed by atoms with Crippen LogP contribution in [0.2, 0.25) is 0 Å². The van der Waals surface area contributed by atoms with Crippen molar-refractivity contribution in [2.45, 2.75) is 63.4 Å². The molecule has 0 bridgehead atoms. The first-order valence-corrected chi connectivity index (χ1v) is 9.78. The van der Waals surface area contributed by atoms with Crippen LogP contribution < -0.4 is 10.6 Å². The number of thioether (sulfide) groups is 1. The fourth-order valence-electron chi connectivity index (χ4n) is 3.06. The fraction of sp³-hybridized carbons (Fsp3) is 0.579. The number of hydrogen-bond acceptors (Lipinski definition) is 3. The van der Waals surface area contributed by atoms with E-state index in [0.717, 1.165) is 11.3 Å². The number of rotatable bonds is 6. The molecule has 2 rings (SSSR count). The molecule has 0 radical (unpaired) electrons. The van der Waals surface area contributed by atoms with Gasteiger partial charge in [0.15, 0.2) is 0 Å². The molecular weight excluding hydrogens is 320 g/mol. The van der Waals surface area contributed by atoms with E-state index in [1.165, 1.54) is 31.0 Å². The Hall–Kier alpha value is -1.49. The van der Waals surface area contributed by atoms with Gasteiger partial charge < -0.3 is 10.6 Å². The zero-order chi connectivity index (χ0) is 17.5. The minimum absolute atomic E-state index is 0.00823. The Balaban J connectivity index is 1.99. The molecule has 1 fully saturated rings. The summed E-state index contributed by atoms with van der Waals surface area (Å²) >= 11 is 1.42. The lowest BCUT2D eigenvalue weighted by molar-refractivity contribution is -0.119. The zero-order valence-corrected chi connectivity index (χ0v) is 15.6. The van der Waals surface area contributed by atoms with Crippen LogP contribution in [0.4, 0.5) is 0 Å². The lowest BCUT2D eigenvalue weighted by Gasteiger charge is -2.29. The van der Waals surface area contributed by atoms with Gasteiger partial charge in [0.2, 0.25) is 5.91 Å². The molecule has 4 nitrogen and oxygen atoms in total. The monoisotopic (exact) mass is 348 g/mol. The van der Waals surface area contributed by atoms with Crippen molar-refractivity contribution in [1.82, 2.24) is 10.6 Å². The van der Waals surface area contributed by atoms with Crippen molar-refractivity contribution in [3.8, 4) is 0 Å². The molecule has 24 heavy (non-hydrogen) atoms. The Kier molecular flexibility index (Phi) is 7.16. The molecule has 0 saturated heterocycles. The minimum atomic E-state index is -0.0267. The zero-order valence-electron chi connectivity index (χ0n) is 14.8. The average molecular weight is 349 g/mol. The first kappa shape index (κ1) is 18.8. The van der Waals surface area contributed by atoms with Gasteiger partial charge in [-0.25, -0.2) is 0 Å². The van der Waals surface area contributed by atoms with Gasteiger partial charge in [-0.15, -0.1) is 11.8 Å². The number of hydrogen-bond donors (Lipinski definition) is 2. The van der Waals surface area contributed by atoms with Crippen molar-refractivity contribution >= 4 is 23.6 Å². The standard InChI is InChI=1S/C19H28N2O2S/c1-13(2)20-18(22)12-24-17-11-7-5-9-15(17)19(23)21-16-10-6-4-8-14(16)3/h5,7,9,11,13-14,16H,4,6,8,10,12H2,1-3H3,(H,20,22)(H,21,23). The topological polar surface area (TPSA) is 58.2 Å². The SMILES string of the molecule is CC(C)NC(=O)CSc1ccccc1C(=O)NC1CCCCC1C. The first-order chi connectivity index (χ1) is 11.5. The summed E-state index contributed by atoms with van der Waals surface area (Å²) < 4.78 is 0.